The van der Waals surface area contributed by atoms with Gasteiger partial charge in [0.05, 0.1) is 12.2 Å². The zero-order chi connectivity index (χ0) is 31.2. The monoisotopic (exact) mass is 596 g/mol. The summed E-state index contributed by atoms with van der Waals surface area (Å²) in [6.07, 6.45) is 3.97. The molecular formula is C34H39F3N2O4. The molecule has 1 N–H and O–H groups in total. The first-order valence-corrected chi connectivity index (χ1v) is 14.7. The van der Waals surface area contributed by atoms with E-state index in [1.165, 1.54) is 54.7 Å². The lowest BCUT2D eigenvalue weighted by Gasteiger charge is -2.22. The molecular weight excluding hydrogens is 557 g/mol. The number of nitrogens with one attached hydrogen (secondary N) is 1. The maximum Gasteiger partial charge on any atom is 0.416 e. The van der Waals surface area contributed by atoms with E-state index in [9.17, 15) is 27.6 Å². The second-order valence-corrected chi connectivity index (χ2v) is 10.4. The fraction of sp³-hybridized carbons (Fsp3) is 0.382. The molecule has 3 aromatic carbocycles. The van der Waals surface area contributed by atoms with Crippen LogP contribution in [0.15, 0.2) is 72.8 Å². The van der Waals surface area contributed by atoms with E-state index in [2.05, 4.69) is 12.2 Å². The molecule has 0 spiro atoms. The molecule has 2 amide bonds. The number of anilines is 1. The Kier molecular flexibility index (Phi) is 12.8. The number of halogens is 3. The Labute approximate surface area is 251 Å². The SMILES string of the molecule is CCCCCCCCc1ccc(NC(=O)c2ccc(CN(Cc3ccc(C(F)(F)F)cc3)C(=O)C(=O)OCC)cc2)cc1. The Hall–Kier alpha value is -4.14. The van der Waals surface area contributed by atoms with E-state index in [4.69, 9.17) is 4.74 Å². The fourth-order valence-corrected chi connectivity index (χ4v) is 4.59. The highest BCUT2D eigenvalue weighted by Crippen LogP contribution is 2.29. The topological polar surface area (TPSA) is 75.7 Å². The van der Waals surface area contributed by atoms with Gasteiger partial charge in [0.2, 0.25) is 0 Å². The van der Waals surface area contributed by atoms with Gasteiger partial charge < -0.3 is 15.0 Å². The summed E-state index contributed by atoms with van der Waals surface area (Å²) in [6, 6.07) is 18.8. The Morgan fingerprint density at radius 2 is 1.26 bits per heavy atom. The number of alkyl halides is 3. The number of rotatable bonds is 14. The van der Waals surface area contributed by atoms with E-state index in [1.54, 1.807) is 31.2 Å². The summed E-state index contributed by atoms with van der Waals surface area (Å²) in [5.41, 5.74) is 2.56. The summed E-state index contributed by atoms with van der Waals surface area (Å²) in [4.78, 5) is 39.0. The van der Waals surface area contributed by atoms with Crippen LogP contribution < -0.4 is 5.32 Å². The van der Waals surface area contributed by atoms with Gasteiger partial charge in [0.1, 0.15) is 0 Å². The van der Waals surface area contributed by atoms with Crippen LogP contribution in [-0.2, 0) is 40.0 Å². The van der Waals surface area contributed by atoms with Crippen LogP contribution in [0.25, 0.3) is 0 Å². The van der Waals surface area contributed by atoms with Crippen LogP contribution in [0, 0.1) is 0 Å². The molecule has 3 aromatic rings. The molecule has 43 heavy (non-hydrogen) atoms. The Balaban J connectivity index is 1.60. The van der Waals surface area contributed by atoms with Crippen molar-refractivity contribution in [2.75, 3.05) is 11.9 Å². The molecule has 0 heterocycles. The minimum absolute atomic E-state index is 0.00432. The lowest BCUT2D eigenvalue weighted by molar-refractivity contribution is -0.160. The number of hydrogen-bond acceptors (Lipinski definition) is 4. The summed E-state index contributed by atoms with van der Waals surface area (Å²) < 4.78 is 43.7. The Morgan fingerprint density at radius 3 is 1.81 bits per heavy atom. The normalized spacial score (nSPS) is 11.2. The van der Waals surface area contributed by atoms with Gasteiger partial charge in [0.15, 0.2) is 0 Å². The molecule has 0 fully saturated rings. The highest BCUT2D eigenvalue weighted by atomic mass is 19.4. The minimum Gasteiger partial charge on any atom is -0.459 e. The molecule has 0 bridgehead atoms. The quantitative estimate of drug-likeness (QED) is 0.116. The van der Waals surface area contributed by atoms with Crippen LogP contribution in [0.5, 0.6) is 0 Å². The van der Waals surface area contributed by atoms with Gasteiger partial charge in [0.25, 0.3) is 5.91 Å². The molecule has 0 aliphatic carbocycles. The van der Waals surface area contributed by atoms with Gasteiger partial charge in [-0.2, -0.15) is 13.2 Å². The van der Waals surface area contributed by atoms with Crippen molar-refractivity contribution >= 4 is 23.5 Å². The van der Waals surface area contributed by atoms with Gasteiger partial charge in [-0.1, -0.05) is 75.4 Å². The largest absolute Gasteiger partial charge is 0.459 e. The smallest absolute Gasteiger partial charge is 0.416 e. The number of benzene rings is 3. The molecule has 0 unspecified atom stereocenters. The second kappa shape index (κ2) is 16.5. The fourth-order valence-electron chi connectivity index (χ4n) is 4.59. The van der Waals surface area contributed by atoms with E-state index in [0.717, 1.165) is 25.0 Å². The molecule has 0 radical (unpaired) electrons. The van der Waals surface area contributed by atoms with E-state index in [-0.39, 0.29) is 25.6 Å². The zero-order valence-corrected chi connectivity index (χ0v) is 24.7. The lowest BCUT2D eigenvalue weighted by Crippen LogP contribution is -2.36. The number of carbonyl (C=O) groups is 3. The van der Waals surface area contributed by atoms with Gasteiger partial charge in [-0.3, -0.25) is 9.59 Å². The van der Waals surface area contributed by atoms with Crippen LogP contribution in [-0.4, -0.2) is 29.3 Å². The Morgan fingerprint density at radius 1 is 0.721 bits per heavy atom. The number of amides is 2. The zero-order valence-electron chi connectivity index (χ0n) is 24.7. The van der Waals surface area contributed by atoms with Crippen molar-refractivity contribution in [2.45, 2.75) is 78.1 Å². The first-order chi connectivity index (χ1) is 20.6. The lowest BCUT2D eigenvalue weighted by atomic mass is 10.0. The van der Waals surface area contributed by atoms with Crippen molar-refractivity contribution in [1.82, 2.24) is 4.90 Å². The first-order valence-electron chi connectivity index (χ1n) is 14.7. The number of nitrogens with zero attached hydrogens (tertiary/aromatic N) is 1. The van der Waals surface area contributed by atoms with E-state index in [1.807, 2.05) is 24.3 Å². The van der Waals surface area contributed by atoms with Crippen molar-refractivity contribution < 1.29 is 32.3 Å². The summed E-state index contributed by atoms with van der Waals surface area (Å²) in [5, 5.41) is 2.89. The summed E-state index contributed by atoms with van der Waals surface area (Å²) >= 11 is 0. The molecule has 230 valence electrons. The first kappa shape index (κ1) is 33.4. The van der Waals surface area contributed by atoms with Crippen molar-refractivity contribution in [3.05, 3.63) is 101 Å². The molecule has 0 aliphatic heterocycles. The number of unbranched alkanes of at least 4 members (excludes halogenated alkanes) is 5. The third-order valence-corrected chi connectivity index (χ3v) is 7.01. The van der Waals surface area contributed by atoms with Crippen molar-refractivity contribution in [1.29, 1.82) is 0 Å². The number of aryl methyl sites for hydroxylation is 1. The highest BCUT2D eigenvalue weighted by molar-refractivity contribution is 6.32. The number of carbonyl (C=O) groups excluding carboxylic acids is 3. The van der Waals surface area contributed by atoms with Crippen molar-refractivity contribution in [3.8, 4) is 0 Å². The molecule has 0 aromatic heterocycles. The predicted octanol–water partition coefficient (Wildman–Crippen LogP) is 7.95. The molecule has 3 rings (SSSR count). The van der Waals surface area contributed by atoms with Crippen molar-refractivity contribution in [3.63, 3.8) is 0 Å². The van der Waals surface area contributed by atoms with Crippen LogP contribution in [0.1, 0.15) is 85.0 Å². The highest BCUT2D eigenvalue weighted by Gasteiger charge is 2.30. The average molecular weight is 597 g/mol. The maximum absolute atomic E-state index is 12.9. The van der Waals surface area contributed by atoms with Crippen LogP contribution >= 0.6 is 0 Å². The minimum atomic E-state index is -4.48. The third kappa shape index (κ3) is 10.9. The van der Waals surface area contributed by atoms with Crippen LogP contribution in [0.2, 0.25) is 0 Å². The van der Waals surface area contributed by atoms with Gasteiger partial charge in [-0.05, 0) is 72.9 Å². The number of esters is 1. The number of hydrogen-bond donors (Lipinski definition) is 1. The van der Waals surface area contributed by atoms with E-state index in [0.29, 0.717) is 22.4 Å². The maximum atomic E-state index is 12.9. The number of ether oxygens (including phenoxy) is 1. The van der Waals surface area contributed by atoms with E-state index >= 15 is 0 Å². The predicted molar refractivity (Wildman–Crippen MR) is 160 cm³/mol. The molecule has 6 nitrogen and oxygen atoms in total. The molecule has 0 saturated heterocycles. The molecule has 0 aliphatic rings. The van der Waals surface area contributed by atoms with Gasteiger partial charge in [-0.25, -0.2) is 4.79 Å². The average Bonchev–Trinajstić information content (AvgIpc) is 2.99. The summed E-state index contributed by atoms with van der Waals surface area (Å²) in [6.45, 7) is 3.67. The summed E-state index contributed by atoms with van der Waals surface area (Å²) in [7, 11) is 0. The van der Waals surface area contributed by atoms with Crippen molar-refractivity contribution in [2.24, 2.45) is 0 Å². The van der Waals surface area contributed by atoms with Gasteiger partial charge in [0, 0.05) is 24.3 Å². The van der Waals surface area contributed by atoms with Gasteiger partial charge in [-0.15, -0.1) is 0 Å². The molecule has 0 saturated carbocycles. The molecule has 0 atom stereocenters. The van der Waals surface area contributed by atoms with Crippen LogP contribution in [0.3, 0.4) is 0 Å². The summed E-state index contributed by atoms with van der Waals surface area (Å²) in [5.74, 6) is -2.26. The van der Waals surface area contributed by atoms with E-state index < -0.39 is 23.6 Å². The van der Waals surface area contributed by atoms with Gasteiger partial charge >= 0.3 is 18.1 Å². The van der Waals surface area contributed by atoms with Crippen LogP contribution in [0.4, 0.5) is 18.9 Å². The second-order valence-electron chi connectivity index (χ2n) is 10.4. The standard InChI is InChI=1S/C34H39F3N2O4/c1-3-5-6-7-8-9-10-25-15-21-30(22-16-25)38-31(40)28-17-11-26(12-18-28)23-39(32(41)33(42)43-4-2)24-27-13-19-29(20-14-27)34(35,36)37/h11-22H,3-10,23-24H2,1-2H3,(H,38,40). The molecule has 9 heteroatoms. The third-order valence-electron chi connectivity index (χ3n) is 7.01. The Bertz CT molecular complexity index is 1320.